The molecule has 3 N–H and O–H groups in total. The monoisotopic (exact) mass is 336 g/mol. The average Bonchev–Trinajstić information content (AvgIpc) is 3.09. The van der Waals surface area contributed by atoms with Gasteiger partial charge in [-0.3, -0.25) is 14.7 Å². The number of anilines is 2. The standard InChI is InChI=1S/C19H20N4O2/c1-3-12(2)15-6-4-5-7-16(15)22-19(25)18(24)21-14-9-8-13-11-20-23-17(13)10-14/h4-12H,3H2,1-2H3,(H,20,23)(H,21,24)(H,22,25). The summed E-state index contributed by atoms with van der Waals surface area (Å²) < 4.78 is 0. The fourth-order valence-corrected chi connectivity index (χ4v) is 2.64. The topological polar surface area (TPSA) is 86.9 Å². The zero-order chi connectivity index (χ0) is 17.8. The Morgan fingerprint density at radius 1 is 1.12 bits per heavy atom. The molecule has 0 aliphatic heterocycles. The third kappa shape index (κ3) is 3.68. The normalized spacial score (nSPS) is 11.9. The predicted molar refractivity (Wildman–Crippen MR) is 98.5 cm³/mol. The van der Waals surface area contributed by atoms with Gasteiger partial charge in [-0.2, -0.15) is 5.10 Å². The van der Waals surface area contributed by atoms with Gasteiger partial charge in [-0.1, -0.05) is 32.0 Å². The highest BCUT2D eigenvalue weighted by Gasteiger charge is 2.17. The molecule has 0 saturated carbocycles. The van der Waals surface area contributed by atoms with Crippen LogP contribution in [0.5, 0.6) is 0 Å². The molecular formula is C19H20N4O2. The summed E-state index contributed by atoms with van der Waals surface area (Å²) in [5.74, 6) is -1.11. The van der Waals surface area contributed by atoms with Gasteiger partial charge in [-0.05, 0) is 42.2 Å². The number of para-hydroxylation sites is 1. The number of aromatic amines is 1. The first-order chi connectivity index (χ1) is 12.1. The number of hydrogen-bond donors (Lipinski definition) is 3. The van der Waals surface area contributed by atoms with E-state index in [9.17, 15) is 9.59 Å². The van der Waals surface area contributed by atoms with Crippen LogP contribution in [0.4, 0.5) is 11.4 Å². The van der Waals surface area contributed by atoms with E-state index in [4.69, 9.17) is 0 Å². The Balaban J connectivity index is 1.72. The summed E-state index contributed by atoms with van der Waals surface area (Å²) in [5.41, 5.74) is 3.01. The summed E-state index contributed by atoms with van der Waals surface area (Å²) in [7, 11) is 0. The molecule has 1 atom stereocenters. The van der Waals surface area contributed by atoms with Crippen molar-refractivity contribution in [2.75, 3.05) is 10.6 Å². The molecule has 2 amide bonds. The van der Waals surface area contributed by atoms with E-state index in [1.54, 1.807) is 18.3 Å². The third-order valence-corrected chi connectivity index (χ3v) is 4.26. The van der Waals surface area contributed by atoms with E-state index >= 15 is 0 Å². The summed E-state index contributed by atoms with van der Waals surface area (Å²) in [4.78, 5) is 24.4. The number of H-pyrrole nitrogens is 1. The number of amides is 2. The Labute approximate surface area is 145 Å². The van der Waals surface area contributed by atoms with Crippen LogP contribution in [0.3, 0.4) is 0 Å². The van der Waals surface area contributed by atoms with Crippen molar-refractivity contribution in [1.82, 2.24) is 10.2 Å². The van der Waals surface area contributed by atoms with Crippen LogP contribution in [0, 0.1) is 0 Å². The number of nitrogens with zero attached hydrogens (tertiary/aromatic N) is 1. The van der Waals surface area contributed by atoms with Crippen LogP contribution in [-0.4, -0.2) is 22.0 Å². The van der Waals surface area contributed by atoms with E-state index in [2.05, 4.69) is 34.7 Å². The SMILES string of the molecule is CCC(C)c1ccccc1NC(=O)C(=O)Nc1ccc2cn[nH]c2c1. The highest BCUT2D eigenvalue weighted by Crippen LogP contribution is 2.26. The molecule has 0 saturated heterocycles. The Bertz CT molecular complexity index is 916. The van der Waals surface area contributed by atoms with Crippen molar-refractivity contribution in [3.05, 3.63) is 54.2 Å². The van der Waals surface area contributed by atoms with Crippen molar-refractivity contribution in [2.24, 2.45) is 0 Å². The molecule has 25 heavy (non-hydrogen) atoms. The zero-order valence-electron chi connectivity index (χ0n) is 14.2. The molecule has 0 aliphatic carbocycles. The number of carbonyl (C=O) groups is 2. The van der Waals surface area contributed by atoms with Gasteiger partial charge in [0.05, 0.1) is 11.7 Å². The minimum Gasteiger partial charge on any atom is -0.318 e. The van der Waals surface area contributed by atoms with Gasteiger partial charge in [0.1, 0.15) is 0 Å². The number of hydrogen-bond acceptors (Lipinski definition) is 3. The second-order valence-corrected chi connectivity index (χ2v) is 5.98. The lowest BCUT2D eigenvalue weighted by Gasteiger charge is -2.15. The van der Waals surface area contributed by atoms with Gasteiger partial charge in [0.15, 0.2) is 0 Å². The van der Waals surface area contributed by atoms with E-state index in [0.717, 1.165) is 22.9 Å². The van der Waals surface area contributed by atoms with E-state index in [-0.39, 0.29) is 0 Å². The van der Waals surface area contributed by atoms with Crippen molar-refractivity contribution in [3.8, 4) is 0 Å². The first kappa shape index (κ1) is 16.7. The van der Waals surface area contributed by atoms with Crippen LogP contribution < -0.4 is 10.6 Å². The second-order valence-electron chi connectivity index (χ2n) is 5.98. The molecule has 128 valence electrons. The van der Waals surface area contributed by atoms with Crippen LogP contribution >= 0.6 is 0 Å². The fraction of sp³-hybridized carbons (Fsp3) is 0.211. The highest BCUT2D eigenvalue weighted by atomic mass is 16.2. The Kier molecular flexibility index (Phi) is 4.79. The molecular weight excluding hydrogens is 316 g/mol. The average molecular weight is 336 g/mol. The first-order valence-corrected chi connectivity index (χ1v) is 8.23. The van der Waals surface area contributed by atoms with E-state index in [0.29, 0.717) is 17.3 Å². The zero-order valence-corrected chi connectivity index (χ0v) is 14.2. The van der Waals surface area contributed by atoms with Gasteiger partial charge in [0.25, 0.3) is 0 Å². The molecule has 2 aromatic carbocycles. The van der Waals surface area contributed by atoms with Crippen LogP contribution in [0.15, 0.2) is 48.7 Å². The van der Waals surface area contributed by atoms with Crippen molar-refractivity contribution < 1.29 is 9.59 Å². The van der Waals surface area contributed by atoms with Gasteiger partial charge >= 0.3 is 11.8 Å². The predicted octanol–water partition coefficient (Wildman–Crippen LogP) is 3.65. The summed E-state index contributed by atoms with van der Waals surface area (Å²) >= 11 is 0. The molecule has 6 nitrogen and oxygen atoms in total. The largest absolute Gasteiger partial charge is 0.318 e. The molecule has 0 bridgehead atoms. The van der Waals surface area contributed by atoms with Crippen LogP contribution in [0.25, 0.3) is 10.9 Å². The fourth-order valence-electron chi connectivity index (χ4n) is 2.64. The third-order valence-electron chi connectivity index (χ3n) is 4.26. The van der Waals surface area contributed by atoms with Crippen LogP contribution in [0.2, 0.25) is 0 Å². The van der Waals surface area contributed by atoms with Crippen molar-refractivity contribution >= 4 is 34.1 Å². The molecule has 6 heteroatoms. The van der Waals surface area contributed by atoms with E-state index in [1.807, 2.05) is 30.3 Å². The number of benzene rings is 2. The minimum absolute atomic E-state index is 0.294. The maximum absolute atomic E-state index is 12.3. The maximum Gasteiger partial charge on any atom is 0.314 e. The quantitative estimate of drug-likeness (QED) is 0.636. The molecule has 3 aromatic rings. The molecule has 1 heterocycles. The molecule has 0 fully saturated rings. The van der Waals surface area contributed by atoms with Crippen molar-refractivity contribution in [3.63, 3.8) is 0 Å². The van der Waals surface area contributed by atoms with Gasteiger partial charge < -0.3 is 10.6 Å². The lowest BCUT2D eigenvalue weighted by atomic mass is 9.97. The van der Waals surface area contributed by atoms with E-state index < -0.39 is 11.8 Å². The number of carbonyl (C=O) groups excluding carboxylic acids is 2. The summed E-state index contributed by atoms with van der Waals surface area (Å²) in [6, 6.07) is 12.8. The first-order valence-electron chi connectivity index (χ1n) is 8.23. The molecule has 0 radical (unpaired) electrons. The molecule has 3 rings (SSSR count). The van der Waals surface area contributed by atoms with Gasteiger partial charge in [0, 0.05) is 16.8 Å². The second kappa shape index (κ2) is 7.17. The van der Waals surface area contributed by atoms with Gasteiger partial charge in [-0.15, -0.1) is 0 Å². The molecule has 0 aliphatic rings. The van der Waals surface area contributed by atoms with Gasteiger partial charge in [-0.25, -0.2) is 0 Å². The van der Waals surface area contributed by atoms with Crippen molar-refractivity contribution in [1.29, 1.82) is 0 Å². The lowest BCUT2D eigenvalue weighted by Crippen LogP contribution is -2.29. The molecule has 1 unspecified atom stereocenters. The number of aromatic nitrogens is 2. The Morgan fingerprint density at radius 2 is 1.88 bits per heavy atom. The maximum atomic E-state index is 12.3. The van der Waals surface area contributed by atoms with Gasteiger partial charge in [0.2, 0.25) is 0 Å². The molecule has 1 aromatic heterocycles. The minimum atomic E-state index is -0.710. The lowest BCUT2D eigenvalue weighted by molar-refractivity contribution is -0.133. The smallest absolute Gasteiger partial charge is 0.314 e. The highest BCUT2D eigenvalue weighted by molar-refractivity contribution is 6.43. The summed E-state index contributed by atoms with van der Waals surface area (Å²) in [5, 5.41) is 13.0. The molecule has 0 spiro atoms. The number of fused-ring (bicyclic) bond motifs is 1. The summed E-state index contributed by atoms with van der Waals surface area (Å²) in [6.07, 6.45) is 2.64. The summed E-state index contributed by atoms with van der Waals surface area (Å²) in [6.45, 7) is 4.17. The van der Waals surface area contributed by atoms with Crippen LogP contribution in [-0.2, 0) is 9.59 Å². The Hall–Kier alpha value is -3.15. The number of nitrogens with one attached hydrogen (secondary N) is 3. The van der Waals surface area contributed by atoms with E-state index in [1.165, 1.54) is 0 Å². The van der Waals surface area contributed by atoms with Crippen LogP contribution in [0.1, 0.15) is 31.7 Å². The number of rotatable bonds is 4. The Morgan fingerprint density at radius 3 is 2.68 bits per heavy atom. The van der Waals surface area contributed by atoms with Crippen molar-refractivity contribution in [2.45, 2.75) is 26.2 Å².